The standard InChI is InChI=1S/C17H19F3N6O3.C2H6/c18-17(19,20)10-11-2-4-12(5-3-11)22-16(28)26-7-1-6-25(8-9-26)15(27)13-14(21)24-29-23-13;1-2/h2-5H,1,6-10H2,(H2,21,24)(H,22,28);1-2H3. The van der Waals surface area contributed by atoms with Crippen LogP contribution in [0.3, 0.4) is 0 Å². The van der Waals surface area contributed by atoms with Gasteiger partial charge >= 0.3 is 12.2 Å². The maximum Gasteiger partial charge on any atom is 0.393 e. The second-order valence-electron chi connectivity index (χ2n) is 6.55. The van der Waals surface area contributed by atoms with Crippen molar-refractivity contribution in [2.24, 2.45) is 0 Å². The van der Waals surface area contributed by atoms with E-state index in [1.807, 2.05) is 13.8 Å². The highest BCUT2D eigenvalue weighted by atomic mass is 19.4. The second-order valence-corrected chi connectivity index (χ2v) is 6.55. The second kappa shape index (κ2) is 10.6. The molecule has 0 bridgehead atoms. The predicted molar refractivity (Wildman–Crippen MR) is 107 cm³/mol. The van der Waals surface area contributed by atoms with Gasteiger partial charge in [-0.25, -0.2) is 9.42 Å². The van der Waals surface area contributed by atoms with Crippen molar-refractivity contribution >= 4 is 23.4 Å². The molecule has 1 aromatic carbocycles. The summed E-state index contributed by atoms with van der Waals surface area (Å²) in [6.07, 6.45) is -4.77. The van der Waals surface area contributed by atoms with E-state index in [9.17, 15) is 22.8 Å². The van der Waals surface area contributed by atoms with Crippen LogP contribution in [-0.2, 0) is 6.42 Å². The van der Waals surface area contributed by atoms with Crippen molar-refractivity contribution in [3.8, 4) is 0 Å². The molecule has 0 spiro atoms. The molecule has 3 N–H and O–H groups in total. The highest BCUT2D eigenvalue weighted by Gasteiger charge is 2.28. The molecule has 12 heteroatoms. The third-order valence-electron chi connectivity index (χ3n) is 4.40. The van der Waals surface area contributed by atoms with Gasteiger partial charge in [0, 0.05) is 31.9 Å². The fourth-order valence-corrected chi connectivity index (χ4v) is 2.96. The van der Waals surface area contributed by atoms with E-state index in [1.165, 1.54) is 34.1 Å². The van der Waals surface area contributed by atoms with Crippen LogP contribution in [0.4, 0.5) is 29.5 Å². The molecular weight excluding hydrogens is 417 g/mol. The third kappa shape index (κ3) is 6.86. The zero-order valence-corrected chi connectivity index (χ0v) is 17.3. The number of benzene rings is 1. The number of nitrogens with zero attached hydrogens (tertiary/aromatic N) is 4. The summed E-state index contributed by atoms with van der Waals surface area (Å²) in [7, 11) is 0. The molecule has 3 amide bonds. The van der Waals surface area contributed by atoms with Crippen LogP contribution in [0.25, 0.3) is 0 Å². The Bertz CT molecular complexity index is 870. The van der Waals surface area contributed by atoms with Crippen LogP contribution in [0.1, 0.15) is 36.3 Å². The minimum Gasteiger partial charge on any atom is -0.379 e. The van der Waals surface area contributed by atoms with Crippen molar-refractivity contribution in [1.82, 2.24) is 20.1 Å². The van der Waals surface area contributed by atoms with Crippen LogP contribution in [0.2, 0.25) is 0 Å². The molecule has 1 fully saturated rings. The number of nitrogens with two attached hydrogens (primary N) is 1. The van der Waals surface area contributed by atoms with Crippen molar-refractivity contribution in [1.29, 1.82) is 0 Å². The number of carbonyl (C=O) groups excluding carboxylic acids is 2. The van der Waals surface area contributed by atoms with E-state index in [0.717, 1.165) is 0 Å². The van der Waals surface area contributed by atoms with Crippen molar-refractivity contribution < 1.29 is 27.4 Å². The number of hydrogen-bond donors (Lipinski definition) is 2. The Balaban J connectivity index is 0.00000166. The van der Waals surface area contributed by atoms with E-state index in [0.29, 0.717) is 25.2 Å². The van der Waals surface area contributed by atoms with E-state index in [2.05, 4.69) is 20.3 Å². The zero-order chi connectivity index (χ0) is 23.0. The zero-order valence-electron chi connectivity index (χ0n) is 17.3. The van der Waals surface area contributed by atoms with Crippen molar-refractivity contribution in [2.75, 3.05) is 37.2 Å². The van der Waals surface area contributed by atoms with Gasteiger partial charge in [0.05, 0.1) is 6.42 Å². The van der Waals surface area contributed by atoms with Crippen LogP contribution in [0.5, 0.6) is 0 Å². The first-order valence-electron chi connectivity index (χ1n) is 9.82. The lowest BCUT2D eigenvalue weighted by Gasteiger charge is -2.22. The summed E-state index contributed by atoms with van der Waals surface area (Å²) in [6.45, 7) is 5.35. The number of anilines is 2. The van der Waals surface area contributed by atoms with Crippen LogP contribution >= 0.6 is 0 Å². The SMILES string of the molecule is CC.Nc1nonc1C(=O)N1CCCN(C(=O)Nc2ccc(CC(F)(F)F)cc2)CC1. The van der Waals surface area contributed by atoms with E-state index in [-0.39, 0.29) is 30.2 Å². The molecule has 1 aliphatic heterocycles. The Hall–Kier alpha value is -3.31. The van der Waals surface area contributed by atoms with E-state index >= 15 is 0 Å². The lowest BCUT2D eigenvalue weighted by Crippen LogP contribution is -2.39. The fraction of sp³-hybridized carbons (Fsp3) is 0.474. The van der Waals surface area contributed by atoms with Gasteiger partial charge in [-0.1, -0.05) is 26.0 Å². The van der Waals surface area contributed by atoms with Gasteiger partial charge in [0.25, 0.3) is 5.91 Å². The molecule has 0 aliphatic carbocycles. The number of carbonyl (C=O) groups is 2. The number of urea groups is 1. The molecule has 1 aliphatic rings. The van der Waals surface area contributed by atoms with Gasteiger partial charge in [-0.2, -0.15) is 13.2 Å². The molecule has 2 heterocycles. The number of nitrogen functional groups attached to an aromatic ring is 1. The molecule has 1 aromatic heterocycles. The van der Waals surface area contributed by atoms with Gasteiger partial charge in [-0.05, 0) is 34.4 Å². The normalized spacial score (nSPS) is 14.4. The number of halogens is 3. The molecule has 0 radical (unpaired) electrons. The summed E-state index contributed by atoms with van der Waals surface area (Å²) in [5.41, 5.74) is 5.97. The van der Waals surface area contributed by atoms with Crippen LogP contribution in [0, 0.1) is 0 Å². The smallest absolute Gasteiger partial charge is 0.379 e. The lowest BCUT2D eigenvalue weighted by molar-refractivity contribution is -0.127. The first-order chi connectivity index (χ1) is 14.7. The van der Waals surface area contributed by atoms with Crippen LogP contribution < -0.4 is 11.1 Å². The van der Waals surface area contributed by atoms with Crippen molar-refractivity contribution in [3.63, 3.8) is 0 Å². The summed E-state index contributed by atoms with van der Waals surface area (Å²) < 4.78 is 41.7. The molecule has 31 heavy (non-hydrogen) atoms. The predicted octanol–water partition coefficient (Wildman–Crippen LogP) is 3.16. The number of alkyl halides is 3. The topological polar surface area (TPSA) is 118 Å². The van der Waals surface area contributed by atoms with E-state index in [1.54, 1.807) is 0 Å². The number of nitrogens with one attached hydrogen (secondary N) is 1. The van der Waals surface area contributed by atoms with Crippen molar-refractivity contribution in [2.45, 2.75) is 32.9 Å². The molecule has 0 unspecified atom stereocenters. The Kier molecular flexibility index (Phi) is 8.22. The molecule has 1 saturated heterocycles. The Labute approximate surface area is 177 Å². The van der Waals surface area contributed by atoms with Gasteiger partial charge in [-0.3, -0.25) is 4.79 Å². The fourth-order valence-electron chi connectivity index (χ4n) is 2.96. The summed E-state index contributed by atoms with van der Waals surface area (Å²) >= 11 is 0. The largest absolute Gasteiger partial charge is 0.393 e. The maximum absolute atomic E-state index is 12.5. The quantitative estimate of drug-likeness (QED) is 0.754. The van der Waals surface area contributed by atoms with Gasteiger partial charge in [0.2, 0.25) is 11.5 Å². The average molecular weight is 442 g/mol. The molecule has 9 nitrogen and oxygen atoms in total. The van der Waals surface area contributed by atoms with Gasteiger partial charge in [0.15, 0.2) is 0 Å². The van der Waals surface area contributed by atoms with Crippen molar-refractivity contribution in [3.05, 3.63) is 35.5 Å². The van der Waals surface area contributed by atoms with E-state index < -0.39 is 24.5 Å². The minimum absolute atomic E-state index is 0.0677. The van der Waals surface area contributed by atoms with Gasteiger partial charge < -0.3 is 20.9 Å². The van der Waals surface area contributed by atoms with Gasteiger partial charge in [0.1, 0.15) is 0 Å². The molecule has 0 atom stereocenters. The molecule has 3 rings (SSSR count). The monoisotopic (exact) mass is 442 g/mol. The van der Waals surface area contributed by atoms with Crippen LogP contribution in [-0.4, -0.2) is 64.4 Å². The third-order valence-corrected chi connectivity index (χ3v) is 4.40. The summed E-state index contributed by atoms with van der Waals surface area (Å²) in [5.74, 6) is -0.519. The van der Waals surface area contributed by atoms with Gasteiger partial charge in [-0.15, -0.1) is 0 Å². The molecule has 170 valence electrons. The maximum atomic E-state index is 12.5. The van der Waals surface area contributed by atoms with E-state index in [4.69, 9.17) is 5.73 Å². The Morgan fingerprint density at radius 3 is 2.26 bits per heavy atom. The summed E-state index contributed by atoms with van der Waals surface area (Å²) in [4.78, 5) is 27.9. The number of aromatic nitrogens is 2. The Morgan fingerprint density at radius 1 is 1.06 bits per heavy atom. The summed E-state index contributed by atoms with van der Waals surface area (Å²) in [6, 6.07) is 5.09. The molecule has 2 aromatic rings. The molecular formula is C19H25F3N6O3. The number of amides is 3. The Morgan fingerprint density at radius 2 is 1.68 bits per heavy atom. The van der Waals surface area contributed by atoms with Crippen LogP contribution in [0.15, 0.2) is 28.9 Å². The number of hydrogen-bond acceptors (Lipinski definition) is 6. The first-order valence-corrected chi connectivity index (χ1v) is 9.82. The highest BCUT2D eigenvalue weighted by molar-refractivity contribution is 5.96. The first kappa shape index (κ1) is 24.0. The molecule has 0 saturated carbocycles. The highest BCUT2D eigenvalue weighted by Crippen LogP contribution is 2.22. The summed E-state index contributed by atoms with van der Waals surface area (Å²) in [5, 5.41) is 9.53. The number of rotatable bonds is 3. The lowest BCUT2D eigenvalue weighted by atomic mass is 10.1. The average Bonchev–Trinajstić information content (AvgIpc) is 3.00. The minimum atomic E-state index is -4.28.